The Morgan fingerprint density at radius 2 is 2.00 bits per heavy atom. The maximum atomic E-state index is 12.5. The van der Waals surface area contributed by atoms with Crippen LogP contribution in [0.3, 0.4) is 0 Å². The van der Waals surface area contributed by atoms with E-state index in [-0.39, 0.29) is 15.6 Å². The topological polar surface area (TPSA) is 50.2 Å². The van der Waals surface area contributed by atoms with Gasteiger partial charge in [0.25, 0.3) is 0 Å². The van der Waals surface area contributed by atoms with Gasteiger partial charge in [0.1, 0.15) is 5.03 Å². The van der Waals surface area contributed by atoms with Gasteiger partial charge in [-0.3, -0.25) is 0 Å². The lowest BCUT2D eigenvalue weighted by Gasteiger charge is -2.09. The lowest BCUT2D eigenvalue weighted by atomic mass is 10.2. The highest BCUT2D eigenvalue weighted by atomic mass is 35.5. The molecule has 0 saturated carbocycles. The van der Waals surface area contributed by atoms with Crippen LogP contribution in [-0.4, -0.2) is 16.1 Å². The van der Waals surface area contributed by atoms with Gasteiger partial charge < -0.3 is 5.11 Å². The van der Waals surface area contributed by atoms with E-state index in [1.165, 1.54) is 18.2 Å². The summed E-state index contributed by atoms with van der Waals surface area (Å²) in [5, 5.41) is 8.91. The molecule has 2 aromatic rings. The highest BCUT2D eigenvalue weighted by molar-refractivity contribution is 7.99. The first-order chi connectivity index (χ1) is 9.77. The highest BCUT2D eigenvalue weighted by Crippen LogP contribution is 2.36. The summed E-state index contributed by atoms with van der Waals surface area (Å²) in [6, 6.07) is 6.74. The molecule has 0 fully saturated rings. The molecule has 0 atom stereocenters. The van der Waals surface area contributed by atoms with Crippen LogP contribution in [0.2, 0.25) is 5.02 Å². The van der Waals surface area contributed by atoms with Crippen molar-refractivity contribution in [1.82, 2.24) is 4.98 Å². The zero-order chi connectivity index (χ0) is 15.6. The normalized spacial score (nSPS) is 11.4. The third-order valence-electron chi connectivity index (χ3n) is 2.43. The zero-order valence-electron chi connectivity index (χ0n) is 10.2. The third-order valence-corrected chi connectivity index (χ3v) is 3.84. The molecule has 110 valence electrons. The largest absolute Gasteiger partial charge is 0.478 e. The standard InChI is InChI=1S/C13H7ClF3NO2S/c14-10-5-8(13(15,16)17)6-18-11(10)21-9-3-1-2-7(4-9)12(19)20/h1-6H,(H,19,20). The van der Waals surface area contributed by atoms with Crippen LogP contribution in [0.1, 0.15) is 15.9 Å². The number of benzene rings is 1. The van der Waals surface area contributed by atoms with Gasteiger partial charge in [0, 0.05) is 11.1 Å². The Bertz CT molecular complexity index is 691. The second-order valence-electron chi connectivity index (χ2n) is 3.94. The van der Waals surface area contributed by atoms with E-state index < -0.39 is 17.7 Å². The number of carboxylic acid groups (broad SMARTS) is 1. The van der Waals surface area contributed by atoms with Gasteiger partial charge >= 0.3 is 12.1 Å². The van der Waals surface area contributed by atoms with Crippen LogP contribution in [0.15, 0.2) is 46.5 Å². The van der Waals surface area contributed by atoms with E-state index in [1.807, 2.05) is 0 Å². The molecule has 1 N–H and O–H groups in total. The Labute approximate surface area is 126 Å². The number of pyridine rings is 1. The molecule has 21 heavy (non-hydrogen) atoms. The number of halogens is 4. The SMILES string of the molecule is O=C(O)c1cccc(Sc2ncc(C(F)(F)F)cc2Cl)c1. The van der Waals surface area contributed by atoms with Gasteiger partial charge in [-0.1, -0.05) is 29.4 Å². The van der Waals surface area contributed by atoms with E-state index in [0.717, 1.165) is 17.8 Å². The molecule has 0 unspecified atom stereocenters. The van der Waals surface area contributed by atoms with Crippen LogP contribution in [0, 0.1) is 0 Å². The monoisotopic (exact) mass is 333 g/mol. The first-order valence-electron chi connectivity index (χ1n) is 5.51. The molecule has 0 aliphatic heterocycles. The molecule has 1 heterocycles. The average Bonchev–Trinajstić information content (AvgIpc) is 2.40. The Morgan fingerprint density at radius 1 is 1.29 bits per heavy atom. The fourth-order valence-corrected chi connectivity index (χ4v) is 2.56. The number of aromatic nitrogens is 1. The van der Waals surface area contributed by atoms with E-state index in [0.29, 0.717) is 11.1 Å². The minimum Gasteiger partial charge on any atom is -0.478 e. The molecule has 1 aromatic heterocycles. The molecular weight excluding hydrogens is 327 g/mol. The first kappa shape index (κ1) is 15.7. The summed E-state index contributed by atoms with van der Waals surface area (Å²) in [5.41, 5.74) is -0.862. The summed E-state index contributed by atoms with van der Waals surface area (Å²) in [7, 11) is 0. The molecule has 2 rings (SSSR count). The third kappa shape index (κ3) is 3.89. The number of carboxylic acids is 1. The van der Waals surface area contributed by atoms with Gasteiger partial charge in [0.05, 0.1) is 16.1 Å². The molecule has 8 heteroatoms. The molecule has 0 saturated heterocycles. The predicted molar refractivity (Wildman–Crippen MR) is 71.8 cm³/mol. The highest BCUT2D eigenvalue weighted by Gasteiger charge is 2.31. The average molecular weight is 334 g/mol. The van der Waals surface area contributed by atoms with Gasteiger partial charge in [0.15, 0.2) is 0 Å². The summed E-state index contributed by atoms with van der Waals surface area (Å²) in [6.07, 6.45) is -3.82. The van der Waals surface area contributed by atoms with Crippen molar-refractivity contribution in [3.63, 3.8) is 0 Å². The second kappa shape index (κ2) is 5.95. The fraction of sp³-hybridized carbons (Fsp3) is 0.0769. The van der Waals surface area contributed by atoms with E-state index in [2.05, 4.69) is 4.98 Å². The zero-order valence-corrected chi connectivity index (χ0v) is 11.8. The predicted octanol–water partition coefficient (Wildman–Crippen LogP) is 4.60. The summed E-state index contributed by atoms with van der Waals surface area (Å²) in [5.74, 6) is -1.09. The van der Waals surface area contributed by atoms with E-state index in [1.54, 1.807) is 6.07 Å². The van der Waals surface area contributed by atoms with Gasteiger partial charge in [-0.05, 0) is 24.3 Å². The quantitative estimate of drug-likeness (QED) is 0.891. The maximum Gasteiger partial charge on any atom is 0.417 e. The van der Waals surface area contributed by atoms with Crippen molar-refractivity contribution in [3.05, 3.63) is 52.7 Å². The number of aromatic carboxylic acids is 1. The smallest absolute Gasteiger partial charge is 0.417 e. The molecule has 0 aliphatic rings. The molecular formula is C13H7ClF3NO2S. The van der Waals surface area contributed by atoms with Crippen molar-refractivity contribution in [2.24, 2.45) is 0 Å². The minimum absolute atomic E-state index is 0.0723. The lowest BCUT2D eigenvalue weighted by Crippen LogP contribution is -2.05. The molecule has 0 radical (unpaired) electrons. The first-order valence-corrected chi connectivity index (χ1v) is 6.71. The molecule has 0 amide bonds. The van der Waals surface area contributed by atoms with Crippen molar-refractivity contribution < 1.29 is 23.1 Å². The van der Waals surface area contributed by atoms with Crippen LogP contribution in [0.5, 0.6) is 0 Å². The van der Waals surface area contributed by atoms with Gasteiger partial charge in [0.2, 0.25) is 0 Å². The van der Waals surface area contributed by atoms with Crippen molar-refractivity contribution in [1.29, 1.82) is 0 Å². The number of nitrogens with zero attached hydrogens (tertiary/aromatic N) is 1. The van der Waals surface area contributed by atoms with Gasteiger partial charge in [-0.15, -0.1) is 0 Å². The van der Waals surface area contributed by atoms with Crippen molar-refractivity contribution in [3.8, 4) is 0 Å². The van der Waals surface area contributed by atoms with Crippen molar-refractivity contribution in [2.45, 2.75) is 16.1 Å². The number of carbonyl (C=O) groups is 1. The van der Waals surface area contributed by atoms with Crippen LogP contribution in [-0.2, 0) is 6.18 Å². The molecule has 0 bridgehead atoms. The lowest BCUT2D eigenvalue weighted by molar-refractivity contribution is -0.137. The number of hydrogen-bond acceptors (Lipinski definition) is 3. The molecule has 0 aliphatic carbocycles. The summed E-state index contributed by atoms with van der Waals surface area (Å²) in [4.78, 5) is 15.0. The van der Waals surface area contributed by atoms with Crippen LogP contribution >= 0.6 is 23.4 Å². The number of alkyl halides is 3. The van der Waals surface area contributed by atoms with Crippen LogP contribution < -0.4 is 0 Å². The molecule has 3 nitrogen and oxygen atoms in total. The Hall–Kier alpha value is -1.73. The van der Waals surface area contributed by atoms with Gasteiger partial charge in [-0.25, -0.2) is 9.78 Å². The maximum absolute atomic E-state index is 12.5. The molecule has 1 aromatic carbocycles. The Kier molecular flexibility index (Phi) is 4.43. The van der Waals surface area contributed by atoms with Crippen molar-refractivity contribution in [2.75, 3.05) is 0 Å². The van der Waals surface area contributed by atoms with E-state index >= 15 is 0 Å². The molecule has 0 spiro atoms. The van der Waals surface area contributed by atoms with Crippen molar-refractivity contribution >= 4 is 29.3 Å². The van der Waals surface area contributed by atoms with Gasteiger partial charge in [-0.2, -0.15) is 13.2 Å². The van der Waals surface area contributed by atoms with E-state index in [9.17, 15) is 18.0 Å². The number of hydrogen-bond donors (Lipinski definition) is 1. The fourth-order valence-electron chi connectivity index (χ4n) is 1.46. The van der Waals surface area contributed by atoms with E-state index in [4.69, 9.17) is 16.7 Å². The second-order valence-corrected chi connectivity index (χ2v) is 5.41. The Morgan fingerprint density at radius 3 is 2.57 bits per heavy atom. The number of rotatable bonds is 3. The van der Waals surface area contributed by atoms with Crippen LogP contribution in [0.25, 0.3) is 0 Å². The summed E-state index contributed by atoms with van der Waals surface area (Å²) < 4.78 is 37.5. The Balaban J connectivity index is 2.28. The van der Waals surface area contributed by atoms with Crippen LogP contribution in [0.4, 0.5) is 13.2 Å². The minimum atomic E-state index is -4.51. The summed E-state index contributed by atoms with van der Waals surface area (Å²) in [6.45, 7) is 0. The summed E-state index contributed by atoms with van der Waals surface area (Å²) >= 11 is 6.78.